The van der Waals surface area contributed by atoms with Gasteiger partial charge in [-0.1, -0.05) is 43.7 Å². The van der Waals surface area contributed by atoms with E-state index in [1.165, 1.54) is 75.3 Å². The van der Waals surface area contributed by atoms with E-state index in [1.54, 1.807) is 0 Å². The van der Waals surface area contributed by atoms with Crippen LogP contribution in [-0.2, 0) is 11.2 Å². The zero-order valence-electron chi connectivity index (χ0n) is 16.1. The number of benzene rings is 1. The minimum Gasteiger partial charge on any atom is -0.378 e. The lowest BCUT2D eigenvalue weighted by atomic mass is 9.79. The molecule has 0 spiro atoms. The van der Waals surface area contributed by atoms with Crippen LogP contribution in [0, 0.1) is 11.8 Å². The van der Waals surface area contributed by atoms with Crippen molar-refractivity contribution in [3.05, 3.63) is 48.0 Å². The second-order valence-electron chi connectivity index (χ2n) is 8.32. The smallest absolute Gasteiger partial charge is 0.0575 e. The first-order chi connectivity index (χ1) is 12.3. The predicted molar refractivity (Wildman–Crippen MR) is 107 cm³/mol. The van der Waals surface area contributed by atoms with Crippen LogP contribution in [0.5, 0.6) is 0 Å². The normalized spacial score (nSPS) is 30.1. The fourth-order valence-corrected chi connectivity index (χ4v) is 4.68. The van der Waals surface area contributed by atoms with E-state index in [2.05, 4.69) is 43.8 Å². The van der Waals surface area contributed by atoms with Gasteiger partial charge in [-0.25, -0.2) is 0 Å². The maximum absolute atomic E-state index is 6.24. The molecule has 0 aromatic heterocycles. The van der Waals surface area contributed by atoms with Gasteiger partial charge in [0.2, 0.25) is 0 Å². The first-order valence-electron chi connectivity index (χ1n) is 10.6. The Morgan fingerprint density at radius 1 is 1.00 bits per heavy atom. The Morgan fingerprint density at radius 3 is 2.36 bits per heavy atom. The molecule has 1 nitrogen and oxygen atoms in total. The van der Waals surface area contributed by atoms with E-state index < -0.39 is 0 Å². The molecule has 138 valence electrons. The SMILES string of the molecule is C=CC1CCC(CCC2CCC(c3ccc(CCC)cc3)CO2)CC1. The lowest BCUT2D eigenvalue weighted by Crippen LogP contribution is -2.25. The van der Waals surface area contributed by atoms with Crippen LogP contribution in [0.25, 0.3) is 0 Å². The zero-order valence-corrected chi connectivity index (χ0v) is 16.1. The van der Waals surface area contributed by atoms with Crippen molar-refractivity contribution in [2.45, 2.75) is 83.2 Å². The molecule has 1 aliphatic heterocycles. The van der Waals surface area contributed by atoms with Crippen LogP contribution < -0.4 is 0 Å². The molecule has 2 unspecified atom stereocenters. The lowest BCUT2D eigenvalue weighted by Gasteiger charge is -2.32. The van der Waals surface area contributed by atoms with Crippen molar-refractivity contribution in [2.24, 2.45) is 11.8 Å². The molecule has 3 rings (SSSR count). The van der Waals surface area contributed by atoms with Crippen LogP contribution in [0.2, 0.25) is 0 Å². The summed E-state index contributed by atoms with van der Waals surface area (Å²) in [5, 5.41) is 0. The highest BCUT2D eigenvalue weighted by Gasteiger charge is 2.25. The number of hydrogen-bond donors (Lipinski definition) is 0. The van der Waals surface area contributed by atoms with Crippen molar-refractivity contribution < 1.29 is 4.74 Å². The minimum absolute atomic E-state index is 0.507. The predicted octanol–water partition coefficient (Wildman–Crippen LogP) is 6.67. The molecule has 1 aromatic carbocycles. The highest BCUT2D eigenvalue weighted by atomic mass is 16.5. The molecule has 25 heavy (non-hydrogen) atoms. The molecule has 2 atom stereocenters. The van der Waals surface area contributed by atoms with Crippen LogP contribution in [0.4, 0.5) is 0 Å². The Labute approximate surface area is 154 Å². The van der Waals surface area contributed by atoms with E-state index in [1.807, 2.05) is 0 Å². The maximum Gasteiger partial charge on any atom is 0.0575 e. The molecule has 0 radical (unpaired) electrons. The van der Waals surface area contributed by atoms with Gasteiger partial charge < -0.3 is 4.74 Å². The average molecular weight is 341 g/mol. The molecule has 0 N–H and O–H groups in total. The summed E-state index contributed by atoms with van der Waals surface area (Å²) < 4.78 is 6.24. The van der Waals surface area contributed by atoms with Crippen LogP contribution in [0.15, 0.2) is 36.9 Å². The van der Waals surface area contributed by atoms with Crippen LogP contribution in [0.3, 0.4) is 0 Å². The van der Waals surface area contributed by atoms with Gasteiger partial charge in [-0.15, -0.1) is 6.58 Å². The molecule has 1 saturated carbocycles. The Hall–Kier alpha value is -1.08. The van der Waals surface area contributed by atoms with E-state index in [9.17, 15) is 0 Å². The quantitative estimate of drug-likeness (QED) is 0.503. The largest absolute Gasteiger partial charge is 0.378 e. The van der Waals surface area contributed by atoms with Crippen molar-refractivity contribution in [1.82, 2.24) is 0 Å². The van der Waals surface area contributed by atoms with Gasteiger partial charge in [0.1, 0.15) is 0 Å². The number of aryl methyl sites for hydroxylation is 1. The standard InChI is InChI=1S/C24H36O/c1-3-5-20-10-13-22(14-11-20)23-15-17-24(25-18-23)16-12-21-8-6-19(4-2)7-9-21/h4,10-11,13-14,19,21,23-24H,2-3,5-9,12,15-18H2,1H3. The third-order valence-electron chi connectivity index (χ3n) is 6.48. The van der Waals surface area contributed by atoms with Gasteiger partial charge in [0, 0.05) is 5.92 Å². The Balaban J connectivity index is 1.38. The van der Waals surface area contributed by atoms with Gasteiger partial charge >= 0.3 is 0 Å². The van der Waals surface area contributed by atoms with E-state index in [0.29, 0.717) is 12.0 Å². The van der Waals surface area contributed by atoms with E-state index in [4.69, 9.17) is 4.74 Å². The average Bonchev–Trinajstić information content (AvgIpc) is 2.68. The van der Waals surface area contributed by atoms with Crippen molar-refractivity contribution >= 4 is 0 Å². The first kappa shape index (κ1) is 18.7. The summed E-state index contributed by atoms with van der Waals surface area (Å²) in [7, 11) is 0. The van der Waals surface area contributed by atoms with Crippen molar-refractivity contribution in [2.75, 3.05) is 6.61 Å². The molecule has 1 aromatic rings. The van der Waals surface area contributed by atoms with Gasteiger partial charge in [0.15, 0.2) is 0 Å². The molecule has 1 heterocycles. The van der Waals surface area contributed by atoms with Gasteiger partial charge in [0.25, 0.3) is 0 Å². The molecular formula is C24H36O. The Morgan fingerprint density at radius 2 is 1.76 bits per heavy atom. The molecule has 1 aliphatic carbocycles. The molecule has 0 bridgehead atoms. The number of hydrogen-bond acceptors (Lipinski definition) is 1. The highest BCUT2D eigenvalue weighted by Crippen LogP contribution is 2.35. The fraction of sp³-hybridized carbons (Fsp3) is 0.667. The van der Waals surface area contributed by atoms with Gasteiger partial charge in [0.05, 0.1) is 12.7 Å². The van der Waals surface area contributed by atoms with E-state index in [0.717, 1.165) is 18.4 Å². The monoisotopic (exact) mass is 340 g/mol. The Bertz CT molecular complexity index is 501. The summed E-state index contributed by atoms with van der Waals surface area (Å²) in [5.74, 6) is 2.32. The lowest BCUT2D eigenvalue weighted by molar-refractivity contribution is -0.00510. The summed E-state index contributed by atoms with van der Waals surface area (Å²) in [4.78, 5) is 0. The summed E-state index contributed by atoms with van der Waals surface area (Å²) in [6.45, 7) is 7.12. The summed E-state index contributed by atoms with van der Waals surface area (Å²) in [5.41, 5.74) is 2.94. The molecule has 2 fully saturated rings. The number of allylic oxidation sites excluding steroid dienone is 1. The van der Waals surface area contributed by atoms with Crippen LogP contribution in [0.1, 0.15) is 81.8 Å². The summed E-state index contributed by atoms with van der Waals surface area (Å²) in [6, 6.07) is 9.28. The summed E-state index contributed by atoms with van der Waals surface area (Å²) >= 11 is 0. The molecular weight excluding hydrogens is 304 g/mol. The fourth-order valence-electron chi connectivity index (χ4n) is 4.68. The highest BCUT2D eigenvalue weighted by molar-refractivity contribution is 5.26. The second kappa shape index (κ2) is 9.57. The number of rotatable bonds is 7. The minimum atomic E-state index is 0.507. The topological polar surface area (TPSA) is 9.23 Å². The van der Waals surface area contributed by atoms with Crippen LogP contribution >= 0.6 is 0 Å². The van der Waals surface area contributed by atoms with Gasteiger partial charge in [-0.2, -0.15) is 0 Å². The molecule has 1 saturated heterocycles. The molecule has 2 aliphatic rings. The first-order valence-corrected chi connectivity index (χ1v) is 10.6. The van der Waals surface area contributed by atoms with E-state index in [-0.39, 0.29) is 0 Å². The maximum atomic E-state index is 6.24. The second-order valence-corrected chi connectivity index (χ2v) is 8.32. The number of ether oxygens (including phenoxy) is 1. The van der Waals surface area contributed by atoms with E-state index >= 15 is 0 Å². The van der Waals surface area contributed by atoms with Gasteiger partial charge in [-0.3, -0.25) is 0 Å². The van der Waals surface area contributed by atoms with Gasteiger partial charge in [-0.05, 0) is 80.8 Å². The molecule has 1 heteroatoms. The summed E-state index contributed by atoms with van der Waals surface area (Å²) in [6.07, 6.45) is 15.8. The molecule has 0 amide bonds. The Kier molecular flexibility index (Phi) is 7.16. The van der Waals surface area contributed by atoms with Crippen molar-refractivity contribution in [3.8, 4) is 0 Å². The zero-order chi connectivity index (χ0) is 17.5. The third-order valence-corrected chi connectivity index (χ3v) is 6.48. The van der Waals surface area contributed by atoms with Crippen LogP contribution in [-0.4, -0.2) is 12.7 Å². The van der Waals surface area contributed by atoms with Crippen molar-refractivity contribution in [3.63, 3.8) is 0 Å². The third kappa shape index (κ3) is 5.45. The van der Waals surface area contributed by atoms with Crippen molar-refractivity contribution in [1.29, 1.82) is 0 Å².